The Hall–Kier alpha value is -3.46. The second-order valence-electron chi connectivity index (χ2n) is 5.86. The molecule has 3 heteroatoms. The SMILES string of the molecule is CN(C(=O)c1ccccc1)/C(=C\C(=O)c1ccccc1)c1ccccc1. The quantitative estimate of drug-likeness (QED) is 0.499. The van der Waals surface area contributed by atoms with Gasteiger partial charge in [-0.15, -0.1) is 0 Å². The van der Waals surface area contributed by atoms with Crippen LogP contribution in [0.15, 0.2) is 97.1 Å². The van der Waals surface area contributed by atoms with Crippen LogP contribution in [-0.2, 0) is 0 Å². The Kier molecular flexibility index (Phi) is 5.40. The molecule has 3 aromatic rings. The first-order valence-corrected chi connectivity index (χ1v) is 8.36. The molecule has 0 unspecified atom stereocenters. The molecule has 1 amide bonds. The van der Waals surface area contributed by atoms with Crippen LogP contribution in [0.5, 0.6) is 0 Å². The summed E-state index contributed by atoms with van der Waals surface area (Å²) in [5.41, 5.74) is 2.53. The van der Waals surface area contributed by atoms with Crippen molar-refractivity contribution in [2.24, 2.45) is 0 Å². The van der Waals surface area contributed by atoms with Gasteiger partial charge in [0.05, 0.1) is 5.70 Å². The number of nitrogens with zero attached hydrogens (tertiary/aromatic N) is 1. The highest BCUT2D eigenvalue weighted by Gasteiger charge is 2.18. The summed E-state index contributed by atoms with van der Waals surface area (Å²) in [6, 6.07) is 27.5. The van der Waals surface area contributed by atoms with E-state index in [-0.39, 0.29) is 11.7 Å². The lowest BCUT2D eigenvalue weighted by Crippen LogP contribution is -2.26. The van der Waals surface area contributed by atoms with Gasteiger partial charge in [-0.2, -0.15) is 0 Å². The number of ketones is 1. The molecule has 0 saturated heterocycles. The topological polar surface area (TPSA) is 37.4 Å². The molecule has 0 aliphatic carbocycles. The maximum absolute atomic E-state index is 12.9. The summed E-state index contributed by atoms with van der Waals surface area (Å²) in [4.78, 5) is 27.0. The Morgan fingerprint density at radius 2 is 1.08 bits per heavy atom. The highest BCUT2D eigenvalue weighted by Crippen LogP contribution is 2.21. The number of hydrogen-bond donors (Lipinski definition) is 0. The summed E-state index contributed by atoms with van der Waals surface area (Å²) in [5, 5.41) is 0. The summed E-state index contributed by atoms with van der Waals surface area (Å²) in [5.74, 6) is -0.307. The van der Waals surface area contributed by atoms with E-state index >= 15 is 0 Å². The summed E-state index contributed by atoms with van der Waals surface area (Å²) < 4.78 is 0. The normalized spacial score (nSPS) is 11.0. The lowest BCUT2D eigenvalue weighted by Gasteiger charge is -2.21. The molecule has 0 radical (unpaired) electrons. The Balaban J connectivity index is 2.00. The molecule has 0 aliphatic rings. The van der Waals surface area contributed by atoms with Crippen LogP contribution < -0.4 is 0 Å². The van der Waals surface area contributed by atoms with Gasteiger partial charge < -0.3 is 4.90 Å². The smallest absolute Gasteiger partial charge is 0.258 e. The molecule has 0 spiro atoms. The molecule has 0 bridgehead atoms. The van der Waals surface area contributed by atoms with Gasteiger partial charge in [0.2, 0.25) is 0 Å². The second-order valence-corrected chi connectivity index (χ2v) is 5.86. The van der Waals surface area contributed by atoms with Crippen LogP contribution in [0.25, 0.3) is 5.70 Å². The van der Waals surface area contributed by atoms with E-state index in [1.807, 2.05) is 66.7 Å². The largest absolute Gasteiger partial charge is 0.311 e. The summed E-state index contributed by atoms with van der Waals surface area (Å²) >= 11 is 0. The molecule has 0 fully saturated rings. The molecule has 0 saturated carbocycles. The predicted molar refractivity (Wildman–Crippen MR) is 104 cm³/mol. The Morgan fingerprint density at radius 3 is 1.58 bits per heavy atom. The van der Waals surface area contributed by atoms with Crippen LogP contribution in [0.1, 0.15) is 26.3 Å². The van der Waals surface area contributed by atoms with Crippen LogP contribution >= 0.6 is 0 Å². The fraction of sp³-hybridized carbons (Fsp3) is 0.0435. The van der Waals surface area contributed by atoms with Crippen LogP contribution in [0.4, 0.5) is 0 Å². The molecule has 26 heavy (non-hydrogen) atoms. The maximum atomic E-state index is 12.9. The number of hydrogen-bond acceptors (Lipinski definition) is 2. The van der Waals surface area contributed by atoms with Gasteiger partial charge >= 0.3 is 0 Å². The van der Waals surface area contributed by atoms with E-state index in [0.29, 0.717) is 16.8 Å². The van der Waals surface area contributed by atoms with Gasteiger partial charge in [0.1, 0.15) is 0 Å². The van der Waals surface area contributed by atoms with Gasteiger partial charge in [-0.25, -0.2) is 0 Å². The minimum absolute atomic E-state index is 0.142. The fourth-order valence-electron chi connectivity index (χ4n) is 2.68. The Labute approximate surface area is 153 Å². The van der Waals surface area contributed by atoms with Crippen molar-refractivity contribution in [2.45, 2.75) is 0 Å². The van der Waals surface area contributed by atoms with Crippen molar-refractivity contribution in [1.82, 2.24) is 4.90 Å². The van der Waals surface area contributed by atoms with Crippen LogP contribution in [0.3, 0.4) is 0 Å². The van der Waals surface area contributed by atoms with Crippen LogP contribution in [0.2, 0.25) is 0 Å². The van der Waals surface area contributed by atoms with Gasteiger partial charge in [0, 0.05) is 24.3 Å². The van der Waals surface area contributed by atoms with Gasteiger partial charge in [-0.3, -0.25) is 9.59 Å². The van der Waals surface area contributed by atoms with Gasteiger partial charge in [-0.1, -0.05) is 78.9 Å². The third kappa shape index (κ3) is 3.95. The third-order valence-corrected chi connectivity index (χ3v) is 4.08. The minimum Gasteiger partial charge on any atom is -0.311 e. The van der Waals surface area contributed by atoms with E-state index in [0.717, 1.165) is 5.56 Å². The first-order valence-electron chi connectivity index (χ1n) is 8.36. The average molecular weight is 341 g/mol. The number of rotatable bonds is 5. The Bertz CT molecular complexity index is 916. The average Bonchev–Trinajstić information content (AvgIpc) is 2.72. The van der Waals surface area contributed by atoms with Gasteiger partial charge in [-0.05, 0) is 17.7 Å². The molecule has 3 aromatic carbocycles. The van der Waals surface area contributed by atoms with Gasteiger partial charge in [0.25, 0.3) is 5.91 Å². The first kappa shape index (κ1) is 17.4. The zero-order valence-electron chi connectivity index (χ0n) is 14.5. The van der Waals surface area contributed by atoms with Crippen molar-refractivity contribution in [3.8, 4) is 0 Å². The van der Waals surface area contributed by atoms with E-state index in [1.54, 1.807) is 31.3 Å². The van der Waals surface area contributed by atoms with E-state index in [4.69, 9.17) is 0 Å². The maximum Gasteiger partial charge on any atom is 0.258 e. The number of allylic oxidation sites excluding steroid dienone is 1. The van der Waals surface area contributed by atoms with Crippen molar-refractivity contribution >= 4 is 17.4 Å². The molecule has 128 valence electrons. The highest BCUT2D eigenvalue weighted by atomic mass is 16.2. The van der Waals surface area contributed by atoms with Crippen LogP contribution in [-0.4, -0.2) is 23.6 Å². The third-order valence-electron chi connectivity index (χ3n) is 4.08. The zero-order chi connectivity index (χ0) is 18.4. The van der Waals surface area contributed by atoms with Crippen molar-refractivity contribution in [1.29, 1.82) is 0 Å². The minimum atomic E-state index is -0.165. The number of amides is 1. The lowest BCUT2D eigenvalue weighted by molar-refractivity contribution is 0.0861. The molecular weight excluding hydrogens is 322 g/mol. The molecule has 3 rings (SSSR count). The monoisotopic (exact) mass is 341 g/mol. The molecule has 0 heterocycles. The number of carbonyl (C=O) groups excluding carboxylic acids is 2. The van der Waals surface area contributed by atoms with E-state index in [1.165, 1.54) is 11.0 Å². The molecule has 3 nitrogen and oxygen atoms in total. The summed E-state index contributed by atoms with van der Waals surface area (Å²) in [6.45, 7) is 0. The zero-order valence-corrected chi connectivity index (χ0v) is 14.5. The van der Waals surface area contributed by atoms with E-state index in [2.05, 4.69) is 0 Å². The van der Waals surface area contributed by atoms with E-state index < -0.39 is 0 Å². The summed E-state index contributed by atoms with van der Waals surface area (Å²) in [6.07, 6.45) is 1.52. The second kappa shape index (κ2) is 8.08. The molecule has 0 aliphatic heterocycles. The van der Waals surface area contributed by atoms with Crippen LogP contribution in [0, 0.1) is 0 Å². The van der Waals surface area contributed by atoms with Gasteiger partial charge in [0.15, 0.2) is 5.78 Å². The summed E-state index contributed by atoms with van der Waals surface area (Å²) in [7, 11) is 1.69. The molecule has 0 aromatic heterocycles. The van der Waals surface area contributed by atoms with Crippen molar-refractivity contribution in [3.05, 3.63) is 114 Å². The number of carbonyl (C=O) groups is 2. The highest BCUT2D eigenvalue weighted by molar-refractivity contribution is 6.10. The van der Waals surface area contributed by atoms with Crippen molar-refractivity contribution < 1.29 is 9.59 Å². The molecule has 0 N–H and O–H groups in total. The lowest BCUT2D eigenvalue weighted by atomic mass is 10.0. The molecular formula is C23H19NO2. The standard InChI is InChI=1S/C23H19NO2/c1-24(23(26)20-15-9-4-10-16-20)21(18-11-5-2-6-12-18)17-22(25)19-13-7-3-8-14-19/h2-17H,1H3/b21-17-. The van der Waals surface area contributed by atoms with E-state index in [9.17, 15) is 9.59 Å². The Morgan fingerprint density at radius 1 is 0.654 bits per heavy atom. The molecule has 0 atom stereocenters. The van der Waals surface area contributed by atoms with Crippen molar-refractivity contribution in [2.75, 3.05) is 7.05 Å². The number of benzene rings is 3. The predicted octanol–water partition coefficient (Wildman–Crippen LogP) is 4.68. The first-order chi connectivity index (χ1) is 12.7. The fourth-order valence-corrected chi connectivity index (χ4v) is 2.68. The van der Waals surface area contributed by atoms with Crippen molar-refractivity contribution in [3.63, 3.8) is 0 Å².